The summed E-state index contributed by atoms with van der Waals surface area (Å²) in [5, 5.41) is 6.46. The minimum Gasteiger partial charge on any atom is -0.332 e. The number of benzene rings is 2. The van der Waals surface area contributed by atoms with Gasteiger partial charge in [0, 0.05) is 16.8 Å². The molecule has 0 aliphatic rings. The normalized spacial score (nSPS) is 10.5. The van der Waals surface area contributed by atoms with Crippen molar-refractivity contribution in [2.24, 2.45) is 0 Å². The molecule has 0 saturated carbocycles. The molecule has 5 heteroatoms. The van der Waals surface area contributed by atoms with Gasteiger partial charge in [-0.05, 0) is 55.0 Å². The van der Waals surface area contributed by atoms with E-state index in [4.69, 9.17) is 23.8 Å². The van der Waals surface area contributed by atoms with Crippen molar-refractivity contribution in [3.05, 3.63) is 70.8 Å². The molecule has 2 aromatic rings. The molecule has 0 spiro atoms. The molecule has 0 aromatic heterocycles. The molecule has 0 aliphatic carbocycles. The highest BCUT2D eigenvalue weighted by molar-refractivity contribution is 7.80. The van der Waals surface area contributed by atoms with E-state index in [9.17, 15) is 4.79 Å². The third-order valence-electron chi connectivity index (χ3n) is 2.84. The standard InChI is InChI=1S/C17H15ClN2OS/c1-12-2-9-15(10-3-12)19-17(22)20-16(21)11-6-13-4-7-14(18)8-5-13/h2-11H,1H3,(H2,19,20,21,22)/b11-6+. The van der Waals surface area contributed by atoms with Gasteiger partial charge in [-0.25, -0.2) is 0 Å². The molecule has 0 aliphatic heterocycles. The van der Waals surface area contributed by atoms with Gasteiger partial charge in [-0.1, -0.05) is 41.4 Å². The summed E-state index contributed by atoms with van der Waals surface area (Å²) in [5.74, 6) is -0.292. The van der Waals surface area contributed by atoms with Crippen LogP contribution in [0.15, 0.2) is 54.6 Å². The van der Waals surface area contributed by atoms with Crippen molar-refractivity contribution in [3.63, 3.8) is 0 Å². The van der Waals surface area contributed by atoms with E-state index in [1.54, 1.807) is 18.2 Å². The van der Waals surface area contributed by atoms with Crippen molar-refractivity contribution in [2.75, 3.05) is 5.32 Å². The van der Waals surface area contributed by atoms with Crippen LogP contribution in [0, 0.1) is 6.92 Å². The van der Waals surface area contributed by atoms with Crippen LogP contribution in [-0.4, -0.2) is 11.0 Å². The molecule has 3 nitrogen and oxygen atoms in total. The second-order valence-corrected chi connectivity index (χ2v) is 5.54. The summed E-state index contributed by atoms with van der Waals surface area (Å²) in [6.45, 7) is 2.01. The summed E-state index contributed by atoms with van der Waals surface area (Å²) in [7, 11) is 0. The fraction of sp³-hybridized carbons (Fsp3) is 0.0588. The van der Waals surface area contributed by atoms with Crippen LogP contribution in [0.2, 0.25) is 5.02 Å². The monoisotopic (exact) mass is 330 g/mol. The molecule has 2 N–H and O–H groups in total. The predicted octanol–water partition coefficient (Wildman–Crippen LogP) is 4.17. The summed E-state index contributed by atoms with van der Waals surface area (Å²) in [6, 6.07) is 14.9. The number of anilines is 1. The zero-order valence-corrected chi connectivity index (χ0v) is 13.5. The van der Waals surface area contributed by atoms with Crippen molar-refractivity contribution in [2.45, 2.75) is 6.92 Å². The molecule has 0 fully saturated rings. The Labute approximate surface area is 140 Å². The average molecular weight is 331 g/mol. The largest absolute Gasteiger partial charge is 0.332 e. The molecule has 2 aromatic carbocycles. The highest BCUT2D eigenvalue weighted by Crippen LogP contribution is 2.10. The molecule has 0 atom stereocenters. The van der Waals surface area contributed by atoms with E-state index in [0.29, 0.717) is 5.02 Å². The number of halogens is 1. The van der Waals surface area contributed by atoms with E-state index in [-0.39, 0.29) is 11.0 Å². The number of rotatable bonds is 3. The smallest absolute Gasteiger partial charge is 0.250 e. The van der Waals surface area contributed by atoms with Gasteiger partial charge in [0.25, 0.3) is 0 Å². The van der Waals surface area contributed by atoms with Gasteiger partial charge in [-0.15, -0.1) is 0 Å². The van der Waals surface area contributed by atoms with E-state index >= 15 is 0 Å². The number of aryl methyl sites for hydroxylation is 1. The van der Waals surface area contributed by atoms with Crippen molar-refractivity contribution in [1.82, 2.24) is 5.32 Å². The van der Waals surface area contributed by atoms with Crippen LogP contribution in [0.5, 0.6) is 0 Å². The van der Waals surface area contributed by atoms with Crippen LogP contribution >= 0.6 is 23.8 Å². The van der Waals surface area contributed by atoms with Crippen LogP contribution in [0.4, 0.5) is 5.69 Å². The van der Waals surface area contributed by atoms with Crippen LogP contribution in [0.1, 0.15) is 11.1 Å². The summed E-state index contributed by atoms with van der Waals surface area (Å²) in [4.78, 5) is 11.8. The van der Waals surface area contributed by atoms with Crippen LogP contribution < -0.4 is 10.6 Å². The first-order valence-corrected chi connectivity index (χ1v) is 7.44. The molecule has 22 heavy (non-hydrogen) atoms. The maximum Gasteiger partial charge on any atom is 0.250 e. The fourth-order valence-electron chi connectivity index (χ4n) is 1.70. The summed E-state index contributed by atoms with van der Waals surface area (Å²) in [6.07, 6.45) is 3.12. The number of carbonyl (C=O) groups excluding carboxylic acids is 1. The average Bonchev–Trinajstić information content (AvgIpc) is 2.49. The SMILES string of the molecule is Cc1ccc(NC(=S)NC(=O)/C=C/c2ccc(Cl)cc2)cc1. The Balaban J connectivity index is 1.87. The molecular formula is C17H15ClN2OS. The zero-order chi connectivity index (χ0) is 15.9. The Morgan fingerprint density at radius 2 is 1.73 bits per heavy atom. The highest BCUT2D eigenvalue weighted by atomic mass is 35.5. The summed E-state index contributed by atoms with van der Waals surface area (Å²) >= 11 is 10.9. The minimum atomic E-state index is -0.292. The Hall–Kier alpha value is -2.17. The van der Waals surface area contributed by atoms with Crippen molar-refractivity contribution in [3.8, 4) is 0 Å². The molecule has 0 unspecified atom stereocenters. The Morgan fingerprint density at radius 3 is 2.36 bits per heavy atom. The third-order valence-corrected chi connectivity index (χ3v) is 3.30. The molecule has 112 valence electrons. The maximum absolute atomic E-state index is 11.8. The van der Waals surface area contributed by atoms with Crippen molar-refractivity contribution < 1.29 is 4.79 Å². The maximum atomic E-state index is 11.8. The van der Waals surface area contributed by atoms with Crippen molar-refractivity contribution in [1.29, 1.82) is 0 Å². The van der Waals surface area contributed by atoms with Gasteiger partial charge < -0.3 is 5.32 Å². The van der Waals surface area contributed by atoms with E-state index in [0.717, 1.165) is 16.8 Å². The number of hydrogen-bond donors (Lipinski definition) is 2. The van der Waals surface area contributed by atoms with Gasteiger partial charge in [-0.3, -0.25) is 10.1 Å². The first kappa shape index (κ1) is 16.2. The van der Waals surface area contributed by atoms with E-state index in [1.165, 1.54) is 6.08 Å². The predicted molar refractivity (Wildman–Crippen MR) is 96.0 cm³/mol. The molecule has 1 amide bonds. The molecule has 2 rings (SSSR count). The third kappa shape index (κ3) is 5.31. The molecule has 0 saturated heterocycles. The van der Waals surface area contributed by atoms with E-state index in [1.807, 2.05) is 43.3 Å². The lowest BCUT2D eigenvalue weighted by atomic mass is 10.2. The van der Waals surface area contributed by atoms with E-state index in [2.05, 4.69) is 10.6 Å². The zero-order valence-electron chi connectivity index (χ0n) is 12.0. The van der Waals surface area contributed by atoms with Crippen LogP contribution in [0.3, 0.4) is 0 Å². The molecule has 0 bridgehead atoms. The Bertz CT molecular complexity index is 694. The second kappa shape index (κ2) is 7.73. The Morgan fingerprint density at radius 1 is 1.09 bits per heavy atom. The Kier molecular flexibility index (Phi) is 5.69. The van der Waals surface area contributed by atoms with Crippen molar-refractivity contribution >= 4 is 46.6 Å². The van der Waals surface area contributed by atoms with Gasteiger partial charge >= 0.3 is 0 Å². The first-order valence-electron chi connectivity index (χ1n) is 6.65. The minimum absolute atomic E-state index is 0.259. The lowest BCUT2D eigenvalue weighted by molar-refractivity contribution is -0.115. The molecule has 0 radical (unpaired) electrons. The van der Waals surface area contributed by atoms with Gasteiger partial charge in [0.1, 0.15) is 0 Å². The van der Waals surface area contributed by atoms with Gasteiger partial charge in [0.15, 0.2) is 5.11 Å². The number of amides is 1. The number of carbonyl (C=O) groups is 1. The van der Waals surface area contributed by atoms with Gasteiger partial charge in [0.2, 0.25) is 5.91 Å². The van der Waals surface area contributed by atoms with Gasteiger partial charge in [0.05, 0.1) is 0 Å². The quantitative estimate of drug-likeness (QED) is 0.655. The lowest BCUT2D eigenvalue weighted by Crippen LogP contribution is -2.32. The first-order chi connectivity index (χ1) is 10.5. The van der Waals surface area contributed by atoms with Crippen LogP contribution in [0.25, 0.3) is 6.08 Å². The number of nitrogens with one attached hydrogen (secondary N) is 2. The molecular weight excluding hydrogens is 316 g/mol. The second-order valence-electron chi connectivity index (χ2n) is 4.69. The van der Waals surface area contributed by atoms with Gasteiger partial charge in [-0.2, -0.15) is 0 Å². The highest BCUT2D eigenvalue weighted by Gasteiger charge is 2.01. The fourth-order valence-corrected chi connectivity index (χ4v) is 2.04. The van der Waals surface area contributed by atoms with Crippen LogP contribution in [-0.2, 0) is 4.79 Å². The lowest BCUT2D eigenvalue weighted by Gasteiger charge is -2.08. The number of hydrogen-bond acceptors (Lipinski definition) is 2. The molecule has 0 heterocycles. The topological polar surface area (TPSA) is 41.1 Å². The van der Waals surface area contributed by atoms with E-state index < -0.39 is 0 Å². The summed E-state index contributed by atoms with van der Waals surface area (Å²) in [5.41, 5.74) is 2.88. The summed E-state index contributed by atoms with van der Waals surface area (Å²) < 4.78 is 0. The number of thiocarbonyl (C=S) groups is 1.